The van der Waals surface area contributed by atoms with Crippen molar-refractivity contribution in [1.29, 1.82) is 0 Å². The number of carbonyl (C=O) groups is 1. The fraction of sp³-hybridized carbons (Fsp3) is 0.158. The molecule has 0 bridgehead atoms. The van der Waals surface area contributed by atoms with Crippen LogP contribution in [0.2, 0.25) is 0 Å². The van der Waals surface area contributed by atoms with Crippen LogP contribution in [0.1, 0.15) is 6.92 Å². The zero-order valence-corrected chi connectivity index (χ0v) is 14.2. The number of nitrogens with zero attached hydrogens (tertiary/aromatic N) is 2. The lowest BCUT2D eigenvalue weighted by molar-refractivity contribution is -0.124. The third kappa shape index (κ3) is 3.46. The van der Waals surface area contributed by atoms with Gasteiger partial charge in [0.25, 0.3) is 5.91 Å². The summed E-state index contributed by atoms with van der Waals surface area (Å²) in [6.07, 6.45) is 1.15. The van der Waals surface area contributed by atoms with Crippen LogP contribution >= 0.6 is 11.3 Å². The molecule has 0 radical (unpaired) electrons. The maximum absolute atomic E-state index is 12.4. The largest absolute Gasteiger partial charge is 0.481 e. The number of amides is 1. The highest BCUT2D eigenvalue weighted by atomic mass is 32.1. The second-order valence-electron chi connectivity index (χ2n) is 5.27. The van der Waals surface area contributed by atoms with E-state index in [0.29, 0.717) is 17.1 Å². The molecule has 1 heterocycles. The predicted molar refractivity (Wildman–Crippen MR) is 97.1 cm³/mol. The number of para-hydroxylation sites is 2. The van der Waals surface area contributed by atoms with Crippen LogP contribution in [-0.2, 0) is 11.3 Å². The molecule has 0 aliphatic carbocycles. The van der Waals surface area contributed by atoms with Crippen LogP contribution in [0, 0.1) is 0 Å². The number of hydrogen-bond donors (Lipinski definition) is 0. The Balaban J connectivity index is 1.92. The Morgan fingerprint density at radius 3 is 2.71 bits per heavy atom. The molecule has 1 amide bonds. The van der Waals surface area contributed by atoms with Gasteiger partial charge in [0, 0.05) is 6.54 Å². The maximum atomic E-state index is 12.4. The molecule has 1 unspecified atom stereocenters. The van der Waals surface area contributed by atoms with E-state index in [4.69, 9.17) is 4.74 Å². The van der Waals surface area contributed by atoms with E-state index < -0.39 is 6.10 Å². The summed E-state index contributed by atoms with van der Waals surface area (Å²) >= 11 is 1.49. The van der Waals surface area contributed by atoms with Gasteiger partial charge in [0.15, 0.2) is 10.9 Å². The molecule has 0 fully saturated rings. The Bertz CT molecular complexity index is 925. The monoisotopic (exact) mass is 338 g/mol. The summed E-state index contributed by atoms with van der Waals surface area (Å²) in [5.41, 5.74) is 1.05. The highest BCUT2D eigenvalue weighted by Gasteiger charge is 2.15. The van der Waals surface area contributed by atoms with Crippen LogP contribution in [0.25, 0.3) is 10.2 Å². The number of benzene rings is 2. The van der Waals surface area contributed by atoms with Crippen molar-refractivity contribution in [3.05, 3.63) is 72.1 Å². The van der Waals surface area contributed by atoms with E-state index in [-0.39, 0.29) is 5.91 Å². The Kier molecular flexibility index (Phi) is 4.91. The number of ether oxygens (including phenoxy) is 1. The smallest absolute Gasteiger partial charge is 0.289 e. The van der Waals surface area contributed by atoms with Crippen molar-refractivity contribution in [2.45, 2.75) is 19.6 Å². The third-order valence-electron chi connectivity index (χ3n) is 3.51. The summed E-state index contributed by atoms with van der Waals surface area (Å²) in [4.78, 5) is 17.4. The first-order valence-corrected chi connectivity index (χ1v) is 8.50. The van der Waals surface area contributed by atoms with Crippen LogP contribution in [0.15, 0.2) is 72.2 Å². The first kappa shape index (κ1) is 16.2. The summed E-state index contributed by atoms with van der Waals surface area (Å²) in [5.74, 6) is 0.354. The third-order valence-corrected chi connectivity index (χ3v) is 4.57. The van der Waals surface area contributed by atoms with Crippen molar-refractivity contribution in [3.8, 4) is 5.75 Å². The second kappa shape index (κ2) is 7.27. The SMILES string of the molecule is C=CCn1c(=NC(=O)C(C)Oc2ccccc2)sc2ccccc21. The number of allylic oxidation sites excluding steroid dienone is 1. The quantitative estimate of drug-likeness (QED) is 0.665. The zero-order chi connectivity index (χ0) is 16.9. The molecule has 3 rings (SSSR count). The zero-order valence-electron chi connectivity index (χ0n) is 13.4. The minimum atomic E-state index is -0.644. The summed E-state index contributed by atoms with van der Waals surface area (Å²) < 4.78 is 8.73. The molecule has 5 heteroatoms. The van der Waals surface area contributed by atoms with Gasteiger partial charge in [0.1, 0.15) is 5.75 Å². The van der Waals surface area contributed by atoms with Crippen LogP contribution in [-0.4, -0.2) is 16.6 Å². The molecule has 24 heavy (non-hydrogen) atoms. The van der Waals surface area contributed by atoms with E-state index in [1.807, 2.05) is 59.2 Å². The van der Waals surface area contributed by atoms with Gasteiger partial charge in [0.2, 0.25) is 0 Å². The van der Waals surface area contributed by atoms with Crippen molar-refractivity contribution >= 4 is 27.5 Å². The van der Waals surface area contributed by atoms with E-state index in [0.717, 1.165) is 10.2 Å². The molecule has 0 N–H and O–H groups in total. The Morgan fingerprint density at radius 2 is 1.96 bits per heavy atom. The molecular formula is C19H18N2O2S. The van der Waals surface area contributed by atoms with Gasteiger partial charge in [-0.25, -0.2) is 0 Å². The summed E-state index contributed by atoms with van der Waals surface area (Å²) in [6, 6.07) is 17.3. The van der Waals surface area contributed by atoms with Gasteiger partial charge in [-0.15, -0.1) is 6.58 Å². The van der Waals surface area contributed by atoms with E-state index in [2.05, 4.69) is 11.6 Å². The van der Waals surface area contributed by atoms with Crippen LogP contribution in [0.3, 0.4) is 0 Å². The fourth-order valence-corrected chi connectivity index (χ4v) is 3.40. The van der Waals surface area contributed by atoms with Gasteiger partial charge in [-0.3, -0.25) is 4.79 Å². The van der Waals surface area contributed by atoms with Gasteiger partial charge in [0.05, 0.1) is 10.2 Å². The van der Waals surface area contributed by atoms with Crippen molar-refractivity contribution < 1.29 is 9.53 Å². The van der Waals surface area contributed by atoms with Gasteiger partial charge in [-0.1, -0.05) is 47.7 Å². The van der Waals surface area contributed by atoms with Crippen LogP contribution in [0.5, 0.6) is 5.75 Å². The van der Waals surface area contributed by atoms with Crippen LogP contribution < -0.4 is 9.54 Å². The van der Waals surface area contributed by atoms with E-state index in [1.54, 1.807) is 13.0 Å². The number of carbonyl (C=O) groups excluding carboxylic acids is 1. The lowest BCUT2D eigenvalue weighted by Crippen LogP contribution is -2.25. The highest BCUT2D eigenvalue weighted by Crippen LogP contribution is 2.17. The van der Waals surface area contributed by atoms with Crippen molar-refractivity contribution in [2.24, 2.45) is 4.99 Å². The molecule has 2 aromatic carbocycles. The summed E-state index contributed by atoms with van der Waals surface area (Å²) in [5, 5.41) is 0. The molecule has 1 atom stereocenters. The lowest BCUT2D eigenvalue weighted by atomic mass is 10.3. The van der Waals surface area contributed by atoms with Crippen molar-refractivity contribution in [1.82, 2.24) is 4.57 Å². The fourth-order valence-electron chi connectivity index (χ4n) is 2.35. The second-order valence-corrected chi connectivity index (χ2v) is 6.28. The minimum Gasteiger partial charge on any atom is -0.481 e. The van der Waals surface area contributed by atoms with Crippen molar-refractivity contribution in [3.63, 3.8) is 0 Å². The van der Waals surface area contributed by atoms with Gasteiger partial charge < -0.3 is 9.30 Å². The average molecular weight is 338 g/mol. The first-order valence-electron chi connectivity index (χ1n) is 7.68. The molecule has 0 aliphatic heterocycles. The molecule has 0 saturated heterocycles. The van der Waals surface area contributed by atoms with Gasteiger partial charge in [-0.2, -0.15) is 4.99 Å². The normalized spacial score (nSPS) is 13.0. The molecule has 0 aliphatic rings. The molecule has 0 saturated carbocycles. The Morgan fingerprint density at radius 1 is 1.25 bits per heavy atom. The van der Waals surface area contributed by atoms with Crippen molar-refractivity contribution in [2.75, 3.05) is 0 Å². The van der Waals surface area contributed by atoms with E-state index in [1.165, 1.54) is 11.3 Å². The molecule has 0 spiro atoms. The Hall–Kier alpha value is -2.66. The topological polar surface area (TPSA) is 43.6 Å². The predicted octanol–water partition coefficient (Wildman–Crippen LogP) is 3.78. The van der Waals surface area contributed by atoms with Crippen LogP contribution in [0.4, 0.5) is 0 Å². The molecule has 122 valence electrons. The van der Waals surface area contributed by atoms with E-state index >= 15 is 0 Å². The van der Waals surface area contributed by atoms with Gasteiger partial charge >= 0.3 is 0 Å². The van der Waals surface area contributed by atoms with Gasteiger partial charge in [-0.05, 0) is 31.2 Å². The maximum Gasteiger partial charge on any atom is 0.289 e. The highest BCUT2D eigenvalue weighted by molar-refractivity contribution is 7.16. The van der Waals surface area contributed by atoms with E-state index in [9.17, 15) is 4.79 Å². The number of thiazole rings is 1. The number of hydrogen-bond acceptors (Lipinski definition) is 3. The molecule has 3 aromatic rings. The number of aromatic nitrogens is 1. The number of fused-ring (bicyclic) bond motifs is 1. The molecule has 4 nitrogen and oxygen atoms in total. The standard InChI is InChI=1S/C19H18N2O2S/c1-3-13-21-16-11-7-8-12-17(16)24-19(21)20-18(22)14(2)23-15-9-5-4-6-10-15/h3-12,14H,1,13H2,2H3. The Labute approximate surface area is 144 Å². The summed E-state index contributed by atoms with van der Waals surface area (Å²) in [6.45, 7) is 6.10. The number of rotatable bonds is 5. The summed E-state index contributed by atoms with van der Waals surface area (Å²) in [7, 11) is 0. The minimum absolute atomic E-state index is 0.303. The molecular weight excluding hydrogens is 320 g/mol. The lowest BCUT2D eigenvalue weighted by Gasteiger charge is -2.10. The molecule has 1 aromatic heterocycles. The average Bonchev–Trinajstić information content (AvgIpc) is 2.94. The first-order chi connectivity index (χ1) is 11.7.